The smallest absolute Gasteiger partial charge is 0.261 e. The van der Waals surface area contributed by atoms with E-state index in [1.54, 1.807) is 0 Å². The molecular formula is C52H85INO5PSi2. The van der Waals surface area contributed by atoms with Gasteiger partial charge in [-0.15, -0.1) is 0 Å². The molecule has 2 aromatic carbocycles. The second-order valence-electron chi connectivity index (χ2n) is 21.2. The van der Waals surface area contributed by atoms with E-state index in [2.05, 4.69) is 143 Å². The van der Waals surface area contributed by atoms with Gasteiger partial charge >= 0.3 is 0 Å². The topological polar surface area (TPSA) is 63.0 Å². The minimum Gasteiger partial charge on any atom is -1.00 e. The summed E-state index contributed by atoms with van der Waals surface area (Å²) >= 11 is 0. The SMILES string of the molecule is C=C1C[C@H](C[C@@H]2C[C@@H](O[Si](C)(C)C(C)(C)C)C[C@H](c3coc(C[P+](CCCC)(CCCC)CCCC)n3)O2)O[C@@H](CCO[Si](c2ccccc2)(c2ccccc2)C(C)(C)C)C1.[I-]. The van der Waals surface area contributed by atoms with Crippen molar-refractivity contribution in [1.29, 1.82) is 0 Å². The summed E-state index contributed by atoms with van der Waals surface area (Å²) < 4.78 is 35.0. The Labute approximate surface area is 398 Å². The molecule has 0 saturated carbocycles. The molecule has 0 spiro atoms. The molecule has 1 aromatic heterocycles. The van der Waals surface area contributed by atoms with Crippen LogP contribution in [0.4, 0.5) is 0 Å². The lowest BCUT2D eigenvalue weighted by atomic mass is 9.91. The summed E-state index contributed by atoms with van der Waals surface area (Å²) in [5.74, 6) is 0.925. The summed E-state index contributed by atoms with van der Waals surface area (Å²) in [6.45, 7) is 31.0. The predicted molar refractivity (Wildman–Crippen MR) is 265 cm³/mol. The van der Waals surface area contributed by atoms with Gasteiger partial charge in [-0.25, -0.2) is 4.98 Å². The van der Waals surface area contributed by atoms with Crippen LogP contribution in [0, 0.1) is 0 Å². The Morgan fingerprint density at radius 2 is 1.29 bits per heavy atom. The van der Waals surface area contributed by atoms with Crippen molar-refractivity contribution >= 4 is 34.3 Å². The number of ether oxygens (including phenoxy) is 2. The second kappa shape index (κ2) is 24.0. The van der Waals surface area contributed by atoms with E-state index in [1.807, 2.05) is 6.26 Å². The standard InChI is InChI=1S/C52H85NO5PSi2.HI/c1-13-16-31-59(32-17-14-2,33-18-15-3)40-50-53-48(39-54-50)49-38-45(58-60(11,12)51(5,6)7)37-44(57-49)36-43-35-41(4)34-42(56-43)29-30-55-61(52(8,9)10,46-25-21-19-22-26-46)47-27-23-20-24-28-47;/h19-28,39,42-45,49H,4,13-18,29-38,40H2,1-3,5-12H3;1H/q+1;/p-1/t42-,43+,44+,45+,49+;/m0./s1. The third-order valence-corrected chi connectivity index (χ3v) is 28.4. The van der Waals surface area contributed by atoms with E-state index in [0.717, 1.165) is 56.3 Å². The molecule has 0 bridgehead atoms. The molecule has 6 nitrogen and oxygen atoms in total. The lowest BCUT2D eigenvalue weighted by molar-refractivity contribution is -0.126. The van der Waals surface area contributed by atoms with Crippen molar-refractivity contribution in [1.82, 2.24) is 4.98 Å². The molecule has 2 aliphatic rings. The van der Waals surface area contributed by atoms with Crippen molar-refractivity contribution in [2.45, 2.75) is 199 Å². The third kappa shape index (κ3) is 14.2. The van der Waals surface area contributed by atoms with Gasteiger partial charge in [0.2, 0.25) is 5.89 Å². The normalized spacial score (nSPS) is 21.8. The highest BCUT2D eigenvalue weighted by molar-refractivity contribution is 7.75. The van der Waals surface area contributed by atoms with Crippen LogP contribution < -0.4 is 34.4 Å². The third-order valence-electron chi connectivity index (χ3n) is 14.1. The summed E-state index contributed by atoms with van der Waals surface area (Å²) in [6.07, 6.45) is 19.7. The van der Waals surface area contributed by atoms with Gasteiger partial charge in [0.25, 0.3) is 8.32 Å². The Hall–Kier alpha value is -1.18. The number of unbranched alkanes of at least 4 members (excludes halogenated alkanes) is 3. The summed E-state index contributed by atoms with van der Waals surface area (Å²) in [5, 5.41) is 2.67. The molecule has 0 amide bonds. The van der Waals surface area contributed by atoms with Crippen molar-refractivity contribution in [2.75, 3.05) is 25.1 Å². The van der Waals surface area contributed by atoms with Crippen LogP contribution in [0.2, 0.25) is 23.2 Å². The first kappa shape index (κ1) is 53.4. The number of oxazole rings is 1. The molecule has 2 aliphatic heterocycles. The fourth-order valence-corrected chi connectivity index (χ4v) is 20.5. The van der Waals surface area contributed by atoms with Gasteiger partial charge in [0.05, 0.1) is 42.9 Å². The summed E-state index contributed by atoms with van der Waals surface area (Å²) in [6, 6.07) is 21.9. The molecule has 0 aliphatic carbocycles. The highest BCUT2D eigenvalue weighted by atomic mass is 127. The summed E-state index contributed by atoms with van der Waals surface area (Å²) in [4.78, 5) is 5.28. The molecule has 3 aromatic rings. The maximum absolute atomic E-state index is 7.31. The molecule has 10 heteroatoms. The number of rotatable bonds is 22. The zero-order valence-electron chi connectivity index (χ0n) is 40.8. The van der Waals surface area contributed by atoms with Crippen LogP contribution in [0.25, 0.3) is 0 Å². The Balaban J connectivity index is 0.00000845. The molecular weight excluding hydrogens is 933 g/mol. The summed E-state index contributed by atoms with van der Waals surface area (Å²) in [7, 11) is -5.88. The molecule has 62 heavy (non-hydrogen) atoms. The van der Waals surface area contributed by atoms with Crippen molar-refractivity contribution < 1.29 is 46.7 Å². The molecule has 0 unspecified atom stereocenters. The highest BCUT2D eigenvalue weighted by Gasteiger charge is 2.50. The molecule has 5 rings (SSSR count). The molecule has 2 saturated heterocycles. The number of benzene rings is 2. The Morgan fingerprint density at radius 1 is 0.742 bits per heavy atom. The Morgan fingerprint density at radius 3 is 1.81 bits per heavy atom. The first-order valence-corrected chi connectivity index (χ1v) is 31.5. The van der Waals surface area contributed by atoms with Crippen molar-refractivity contribution in [3.63, 3.8) is 0 Å². The Kier molecular flexibility index (Phi) is 20.7. The van der Waals surface area contributed by atoms with Crippen LogP contribution in [0.1, 0.15) is 157 Å². The van der Waals surface area contributed by atoms with Gasteiger partial charge in [0.1, 0.15) is 24.2 Å². The maximum Gasteiger partial charge on any atom is 0.261 e. The van der Waals surface area contributed by atoms with E-state index < -0.39 is 23.9 Å². The predicted octanol–water partition coefficient (Wildman–Crippen LogP) is 10.7. The van der Waals surface area contributed by atoms with E-state index in [0.29, 0.717) is 6.61 Å². The fraction of sp³-hybridized carbons (Fsp3) is 0.673. The van der Waals surface area contributed by atoms with Gasteiger partial charge in [-0.2, -0.15) is 0 Å². The zero-order valence-corrected chi connectivity index (χ0v) is 45.8. The minimum absolute atomic E-state index is 0. The zero-order chi connectivity index (χ0) is 44.3. The number of hydrogen-bond acceptors (Lipinski definition) is 6. The number of nitrogens with zero attached hydrogens (tertiary/aromatic N) is 1. The maximum atomic E-state index is 7.31. The molecule has 0 radical (unpaired) electrons. The quantitative estimate of drug-likeness (QED) is 0.0433. The lowest BCUT2D eigenvalue weighted by Crippen LogP contribution is -3.00. The van der Waals surface area contributed by atoms with Gasteiger partial charge in [-0.05, 0) is 78.5 Å². The first-order chi connectivity index (χ1) is 28.9. The average molecular weight is 1020 g/mol. The fourth-order valence-electron chi connectivity index (χ4n) is 9.69. The van der Waals surface area contributed by atoms with Crippen molar-refractivity contribution in [3.8, 4) is 0 Å². The van der Waals surface area contributed by atoms with Crippen LogP contribution in [-0.4, -0.2) is 71.1 Å². The molecule has 5 atom stereocenters. The largest absolute Gasteiger partial charge is 1.00 e. The van der Waals surface area contributed by atoms with E-state index in [1.165, 1.54) is 73.0 Å². The van der Waals surface area contributed by atoms with E-state index in [-0.39, 0.29) is 64.6 Å². The van der Waals surface area contributed by atoms with Crippen LogP contribution in [0.3, 0.4) is 0 Å². The highest BCUT2D eigenvalue weighted by Crippen LogP contribution is 2.63. The average Bonchev–Trinajstić information content (AvgIpc) is 3.67. The van der Waals surface area contributed by atoms with Gasteiger partial charge in [-0.3, -0.25) is 0 Å². The molecule has 3 heterocycles. The van der Waals surface area contributed by atoms with E-state index in [9.17, 15) is 0 Å². The van der Waals surface area contributed by atoms with Crippen LogP contribution in [-0.2, 0) is 24.5 Å². The van der Waals surface area contributed by atoms with Crippen LogP contribution in [0.5, 0.6) is 0 Å². The lowest BCUT2D eigenvalue weighted by Gasteiger charge is -2.44. The number of aromatic nitrogens is 1. The van der Waals surface area contributed by atoms with Gasteiger partial charge in [0.15, 0.2) is 8.32 Å². The van der Waals surface area contributed by atoms with Gasteiger partial charge in [-0.1, -0.05) is 154 Å². The number of halogens is 1. The van der Waals surface area contributed by atoms with Crippen molar-refractivity contribution in [3.05, 3.63) is 90.7 Å². The molecule has 0 N–H and O–H groups in total. The van der Waals surface area contributed by atoms with E-state index in [4.69, 9.17) is 27.7 Å². The second-order valence-corrected chi connectivity index (χ2v) is 34.6. The van der Waals surface area contributed by atoms with Crippen LogP contribution >= 0.6 is 7.26 Å². The monoisotopic (exact) mass is 1020 g/mol. The van der Waals surface area contributed by atoms with Gasteiger partial charge < -0.3 is 46.7 Å². The Bertz CT molecular complexity index is 1700. The van der Waals surface area contributed by atoms with Crippen LogP contribution in [0.15, 0.2) is 83.5 Å². The van der Waals surface area contributed by atoms with Crippen molar-refractivity contribution in [2.24, 2.45) is 0 Å². The molecule has 348 valence electrons. The molecule has 2 fully saturated rings. The van der Waals surface area contributed by atoms with E-state index >= 15 is 0 Å². The van der Waals surface area contributed by atoms with Gasteiger partial charge in [0, 0.05) is 26.7 Å². The first-order valence-electron chi connectivity index (χ1n) is 24.1. The minimum atomic E-state index is -2.63. The number of hydrogen-bond donors (Lipinski definition) is 0. The summed E-state index contributed by atoms with van der Waals surface area (Å²) in [5.41, 5.74) is 2.20.